The van der Waals surface area contributed by atoms with E-state index in [4.69, 9.17) is 9.47 Å². The number of hydrogen-bond donors (Lipinski definition) is 4. The summed E-state index contributed by atoms with van der Waals surface area (Å²) >= 11 is 1.06. The number of H-pyrrole nitrogens is 1. The first kappa shape index (κ1) is 31.4. The van der Waals surface area contributed by atoms with Gasteiger partial charge in [-0.3, -0.25) is 9.59 Å². The van der Waals surface area contributed by atoms with Gasteiger partial charge in [-0.05, 0) is 30.0 Å². The van der Waals surface area contributed by atoms with E-state index in [1.807, 2.05) is 48.5 Å². The minimum atomic E-state index is -0.825. The summed E-state index contributed by atoms with van der Waals surface area (Å²) in [6.07, 6.45) is 3.17. The van der Waals surface area contributed by atoms with Gasteiger partial charge in [-0.2, -0.15) is 0 Å². The molecule has 0 spiro atoms. The van der Waals surface area contributed by atoms with Crippen molar-refractivity contribution in [3.63, 3.8) is 0 Å². The molecule has 0 saturated heterocycles. The molecule has 0 bridgehead atoms. The molecule has 4 aromatic rings. The van der Waals surface area contributed by atoms with Gasteiger partial charge in [-0.1, -0.05) is 97.8 Å². The highest BCUT2D eigenvalue weighted by molar-refractivity contribution is 7.16. The molecule has 1 amide bonds. The van der Waals surface area contributed by atoms with Crippen LogP contribution in [0, 0.1) is 0 Å². The van der Waals surface area contributed by atoms with E-state index in [2.05, 4.69) is 34.7 Å². The molecule has 0 aliphatic rings. The van der Waals surface area contributed by atoms with Crippen LogP contribution in [0.2, 0.25) is 0 Å². The van der Waals surface area contributed by atoms with Gasteiger partial charge in [0.15, 0.2) is 0 Å². The van der Waals surface area contributed by atoms with Gasteiger partial charge in [-0.25, -0.2) is 0 Å². The zero-order chi connectivity index (χ0) is 29.6. The lowest BCUT2D eigenvalue weighted by atomic mass is 10.1. The van der Waals surface area contributed by atoms with Crippen LogP contribution in [0.5, 0.6) is 5.75 Å². The van der Waals surface area contributed by atoms with Gasteiger partial charge in [0.05, 0.1) is 29.9 Å². The van der Waals surface area contributed by atoms with Crippen molar-refractivity contribution in [2.24, 2.45) is 0 Å². The Morgan fingerprint density at radius 3 is 2.48 bits per heavy atom. The van der Waals surface area contributed by atoms with Crippen LogP contribution < -0.4 is 20.2 Å². The Hall–Kier alpha value is -3.50. The monoisotopic (exact) mass is 591 g/mol. The van der Waals surface area contributed by atoms with E-state index in [0.717, 1.165) is 42.6 Å². The summed E-state index contributed by atoms with van der Waals surface area (Å²) in [5.74, 6) is 0.531. The standard InChI is InChI=1S/C33H41N3O5S/c1-2-3-14-26(40-20-17-24-10-6-4-7-11-24)21-30(38)35-19-18-34-22-28(37)27-15-16-29(31-32(27)42-33(39)36-31)41-23-25-12-8-5-9-13-25/h4-13,15-16,26,28,34,37H,2-3,14,17-23H2,1H3,(H,35,38)(H,36,39). The van der Waals surface area contributed by atoms with Crippen molar-refractivity contribution in [1.82, 2.24) is 15.6 Å². The summed E-state index contributed by atoms with van der Waals surface area (Å²) in [6, 6.07) is 23.6. The predicted molar refractivity (Wildman–Crippen MR) is 168 cm³/mol. The van der Waals surface area contributed by atoms with Crippen molar-refractivity contribution in [2.45, 2.75) is 57.8 Å². The zero-order valence-corrected chi connectivity index (χ0v) is 25.0. The Labute approximate surface area is 251 Å². The van der Waals surface area contributed by atoms with Gasteiger partial charge in [0.1, 0.15) is 17.9 Å². The largest absolute Gasteiger partial charge is 0.487 e. The van der Waals surface area contributed by atoms with E-state index in [-0.39, 0.29) is 23.4 Å². The van der Waals surface area contributed by atoms with Crippen molar-refractivity contribution >= 4 is 27.5 Å². The first-order valence-corrected chi connectivity index (χ1v) is 15.5. The third-order valence-corrected chi connectivity index (χ3v) is 7.94. The molecule has 2 unspecified atom stereocenters. The number of benzene rings is 3. The van der Waals surface area contributed by atoms with Crippen LogP contribution in [0.1, 0.15) is 55.4 Å². The van der Waals surface area contributed by atoms with Crippen LogP contribution >= 0.6 is 11.3 Å². The fourth-order valence-electron chi connectivity index (χ4n) is 4.73. The summed E-state index contributed by atoms with van der Waals surface area (Å²) in [7, 11) is 0. The second kappa shape index (κ2) is 16.8. The summed E-state index contributed by atoms with van der Waals surface area (Å²) in [5.41, 5.74) is 3.50. The summed E-state index contributed by atoms with van der Waals surface area (Å²) < 4.78 is 12.7. The number of amides is 1. The fourth-order valence-corrected chi connectivity index (χ4v) is 5.64. The van der Waals surface area contributed by atoms with Crippen LogP contribution in [0.25, 0.3) is 10.2 Å². The quantitative estimate of drug-likeness (QED) is 0.120. The topological polar surface area (TPSA) is 113 Å². The van der Waals surface area contributed by atoms with Gasteiger partial charge < -0.3 is 30.2 Å². The van der Waals surface area contributed by atoms with Crippen molar-refractivity contribution in [2.75, 3.05) is 26.2 Å². The van der Waals surface area contributed by atoms with Crippen molar-refractivity contribution < 1.29 is 19.4 Å². The lowest BCUT2D eigenvalue weighted by molar-refractivity contribution is -0.124. The number of fused-ring (bicyclic) bond motifs is 1. The number of hydrogen-bond acceptors (Lipinski definition) is 7. The molecule has 3 aromatic carbocycles. The number of unbranched alkanes of at least 4 members (excludes halogenated alkanes) is 1. The number of aromatic amines is 1. The molecular formula is C33H41N3O5S. The Bertz CT molecular complexity index is 1420. The number of thiazole rings is 1. The van der Waals surface area contributed by atoms with Crippen LogP contribution in [0.15, 0.2) is 77.6 Å². The molecule has 1 heterocycles. The Morgan fingerprint density at radius 2 is 1.74 bits per heavy atom. The number of aliphatic hydroxyl groups is 1. The summed E-state index contributed by atoms with van der Waals surface area (Å²) in [5, 5.41) is 17.0. The van der Waals surface area contributed by atoms with Crippen LogP contribution in [0.3, 0.4) is 0 Å². The molecule has 0 aliphatic heterocycles. The molecular weight excluding hydrogens is 550 g/mol. The zero-order valence-electron chi connectivity index (χ0n) is 24.1. The number of aromatic nitrogens is 1. The van der Waals surface area contributed by atoms with E-state index in [1.165, 1.54) is 5.56 Å². The maximum Gasteiger partial charge on any atom is 0.305 e. The molecule has 9 heteroatoms. The minimum absolute atomic E-state index is 0.0388. The summed E-state index contributed by atoms with van der Waals surface area (Å²) in [6.45, 7) is 4.33. The molecule has 224 valence electrons. The second-order valence-electron chi connectivity index (χ2n) is 10.3. The Kier molecular flexibility index (Phi) is 12.6. The average Bonchev–Trinajstić information content (AvgIpc) is 3.40. The van der Waals surface area contributed by atoms with Gasteiger partial charge >= 0.3 is 4.87 Å². The third kappa shape index (κ3) is 9.80. The van der Waals surface area contributed by atoms with E-state index >= 15 is 0 Å². The van der Waals surface area contributed by atoms with Crippen LogP contribution in [-0.4, -0.2) is 48.3 Å². The first-order chi connectivity index (χ1) is 20.5. The number of ether oxygens (including phenoxy) is 2. The van der Waals surface area contributed by atoms with E-state index < -0.39 is 6.10 Å². The molecule has 0 fully saturated rings. The van der Waals surface area contributed by atoms with Crippen LogP contribution in [0.4, 0.5) is 0 Å². The van der Waals surface area contributed by atoms with E-state index in [1.54, 1.807) is 12.1 Å². The minimum Gasteiger partial charge on any atom is -0.487 e. The second-order valence-corrected chi connectivity index (χ2v) is 11.3. The van der Waals surface area contributed by atoms with Crippen molar-refractivity contribution in [3.8, 4) is 5.75 Å². The van der Waals surface area contributed by atoms with Gasteiger partial charge in [0, 0.05) is 25.2 Å². The summed E-state index contributed by atoms with van der Waals surface area (Å²) in [4.78, 5) is 27.4. The Balaban J connectivity index is 1.20. The smallest absolute Gasteiger partial charge is 0.305 e. The highest BCUT2D eigenvalue weighted by Crippen LogP contribution is 2.32. The van der Waals surface area contributed by atoms with Gasteiger partial charge in [0.25, 0.3) is 0 Å². The Morgan fingerprint density at radius 1 is 1.00 bits per heavy atom. The van der Waals surface area contributed by atoms with E-state index in [0.29, 0.717) is 54.3 Å². The fraction of sp³-hybridized carbons (Fsp3) is 0.394. The number of nitrogens with one attached hydrogen (secondary N) is 3. The number of carbonyl (C=O) groups excluding carboxylic acids is 1. The van der Waals surface area contributed by atoms with Crippen LogP contribution in [-0.2, 0) is 22.6 Å². The molecule has 4 N–H and O–H groups in total. The number of rotatable bonds is 18. The number of carbonyl (C=O) groups is 1. The highest BCUT2D eigenvalue weighted by Gasteiger charge is 2.18. The highest BCUT2D eigenvalue weighted by atomic mass is 32.1. The normalized spacial score (nSPS) is 12.7. The van der Waals surface area contributed by atoms with Crippen molar-refractivity contribution in [1.29, 1.82) is 0 Å². The molecule has 1 aromatic heterocycles. The molecule has 4 rings (SSSR count). The van der Waals surface area contributed by atoms with Gasteiger partial charge in [0.2, 0.25) is 5.91 Å². The predicted octanol–water partition coefficient (Wildman–Crippen LogP) is 5.12. The average molecular weight is 592 g/mol. The molecule has 0 saturated carbocycles. The maximum atomic E-state index is 12.6. The molecule has 0 aliphatic carbocycles. The first-order valence-electron chi connectivity index (χ1n) is 14.7. The lowest BCUT2D eigenvalue weighted by Crippen LogP contribution is -2.35. The van der Waals surface area contributed by atoms with E-state index in [9.17, 15) is 14.7 Å². The molecule has 2 atom stereocenters. The van der Waals surface area contributed by atoms with Gasteiger partial charge in [-0.15, -0.1) is 0 Å². The molecule has 8 nitrogen and oxygen atoms in total. The maximum absolute atomic E-state index is 12.6. The third-order valence-electron chi connectivity index (χ3n) is 7.01. The molecule has 42 heavy (non-hydrogen) atoms. The molecule has 0 radical (unpaired) electrons. The number of aliphatic hydroxyl groups excluding tert-OH is 1. The van der Waals surface area contributed by atoms with Crippen molar-refractivity contribution in [3.05, 3.63) is 99.2 Å². The SMILES string of the molecule is CCCCC(CC(=O)NCCNCC(O)c1ccc(OCc2ccccc2)c2[nH]c(=O)sc12)OCCc1ccccc1. The lowest BCUT2D eigenvalue weighted by Gasteiger charge is -2.18.